The molecule has 0 bridgehead atoms. The van der Waals surface area contributed by atoms with Crippen molar-refractivity contribution in [3.63, 3.8) is 0 Å². The second-order valence-corrected chi connectivity index (χ2v) is 7.74. The zero-order chi connectivity index (χ0) is 21.7. The summed E-state index contributed by atoms with van der Waals surface area (Å²) < 4.78 is 17.3. The van der Waals surface area contributed by atoms with Crippen molar-refractivity contribution in [2.24, 2.45) is 5.73 Å². The predicted molar refractivity (Wildman–Crippen MR) is 117 cm³/mol. The van der Waals surface area contributed by atoms with Gasteiger partial charge in [0.05, 0.1) is 19.8 Å². The lowest BCUT2D eigenvalue weighted by Crippen LogP contribution is -2.28. The monoisotopic (exact) mass is 410 g/mol. The average molecular weight is 411 g/mol. The fourth-order valence-electron chi connectivity index (χ4n) is 3.70. The van der Waals surface area contributed by atoms with Crippen LogP contribution in [0.1, 0.15) is 43.1 Å². The maximum atomic E-state index is 11.6. The number of rotatable bonds is 7. The Hall–Kier alpha value is -2.99. The summed E-state index contributed by atoms with van der Waals surface area (Å²) >= 11 is 0. The van der Waals surface area contributed by atoms with E-state index in [1.54, 1.807) is 7.11 Å². The van der Waals surface area contributed by atoms with Gasteiger partial charge in [0.25, 0.3) is 0 Å². The second-order valence-electron chi connectivity index (χ2n) is 7.74. The molecule has 0 radical (unpaired) electrons. The standard InChI is InChI=1S/C24H30N2O4/c1-16(2)29-21-14-18(19-12-13-26(3)15-22(19)28-4)10-11-20(21)23(30-24(25)27)17-8-6-5-7-9-17/h5-11,14,16,23H,12-13,15H2,1-4H3,(H2,25,27). The second kappa shape index (κ2) is 9.67. The Balaban J connectivity index is 2.09. The molecule has 1 aliphatic heterocycles. The summed E-state index contributed by atoms with van der Waals surface area (Å²) in [4.78, 5) is 13.9. The molecular weight excluding hydrogens is 380 g/mol. The van der Waals surface area contributed by atoms with E-state index < -0.39 is 12.2 Å². The van der Waals surface area contributed by atoms with E-state index in [0.29, 0.717) is 5.75 Å². The van der Waals surface area contributed by atoms with Crippen LogP contribution in [0.25, 0.3) is 5.57 Å². The Morgan fingerprint density at radius 3 is 2.50 bits per heavy atom. The molecule has 1 heterocycles. The third-order valence-corrected chi connectivity index (χ3v) is 5.08. The molecule has 0 aliphatic carbocycles. The first-order chi connectivity index (χ1) is 14.4. The molecule has 160 valence electrons. The molecule has 2 aromatic rings. The molecule has 30 heavy (non-hydrogen) atoms. The SMILES string of the molecule is COC1=C(c2ccc(C(OC(N)=O)c3ccccc3)c(OC(C)C)c2)CCN(C)C1. The van der Waals surface area contributed by atoms with Crippen LogP contribution < -0.4 is 10.5 Å². The maximum absolute atomic E-state index is 11.6. The van der Waals surface area contributed by atoms with Crippen LogP contribution in [0.3, 0.4) is 0 Å². The van der Waals surface area contributed by atoms with Crippen LogP contribution in [-0.2, 0) is 9.47 Å². The summed E-state index contributed by atoms with van der Waals surface area (Å²) in [5, 5.41) is 0. The molecule has 6 nitrogen and oxygen atoms in total. The highest BCUT2D eigenvalue weighted by Gasteiger charge is 2.25. The van der Waals surface area contributed by atoms with Gasteiger partial charge in [0.2, 0.25) is 0 Å². The zero-order valence-electron chi connectivity index (χ0n) is 18.1. The Bertz CT molecular complexity index is 909. The minimum absolute atomic E-state index is 0.0441. The van der Waals surface area contributed by atoms with Crippen molar-refractivity contribution in [2.45, 2.75) is 32.5 Å². The molecule has 0 saturated carbocycles. The van der Waals surface area contributed by atoms with Crippen molar-refractivity contribution < 1.29 is 19.0 Å². The number of primary amides is 1. The van der Waals surface area contributed by atoms with E-state index in [4.69, 9.17) is 19.9 Å². The van der Waals surface area contributed by atoms with Crippen LogP contribution in [-0.4, -0.2) is 44.3 Å². The molecule has 6 heteroatoms. The molecule has 0 spiro atoms. The van der Waals surface area contributed by atoms with E-state index >= 15 is 0 Å². The first-order valence-electron chi connectivity index (χ1n) is 10.2. The number of hydrogen-bond donors (Lipinski definition) is 1. The van der Waals surface area contributed by atoms with Crippen molar-refractivity contribution in [3.8, 4) is 5.75 Å². The zero-order valence-corrected chi connectivity index (χ0v) is 18.1. The highest BCUT2D eigenvalue weighted by atomic mass is 16.6. The van der Waals surface area contributed by atoms with E-state index in [1.165, 1.54) is 5.57 Å². The van der Waals surface area contributed by atoms with Crippen LogP contribution in [0.2, 0.25) is 0 Å². The van der Waals surface area contributed by atoms with E-state index in [1.807, 2.05) is 62.4 Å². The number of likely N-dealkylation sites (N-methyl/N-ethyl adjacent to an activating group) is 1. The minimum Gasteiger partial charge on any atom is -0.499 e. The van der Waals surface area contributed by atoms with Crippen LogP contribution in [0, 0.1) is 0 Å². The quantitative estimate of drug-likeness (QED) is 0.734. The van der Waals surface area contributed by atoms with Gasteiger partial charge in [0.1, 0.15) is 11.5 Å². The molecule has 1 unspecified atom stereocenters. The Kier molecular flexibility index (Phi) is 7.00. The van der Waals surface area contributed by atoms with Gasteiger partial charge >= 0.3 is 6.09 Å². The van der Waals surface area contributed by atoms with Gasteiger partial charge < -0.3 is 19.9 Å². The van der Waals surface area contributed by atoms with Gasteiger partial charge in [0.15, 0.2) is 6.10 Å². The number of ether oxygens (including phenoxy) is 3. The van der Waals surface area contributed by atoms with Crippen LogP contribution in [0.4, 0.5) is 4.79 Å². The minimum atomic E-state index is -0.830. The van der Waals surface area contributed by atoms with E-state index in [0.717, 1.165) is 42.0 Å². The highest BCUT2D eigenvalue weighted by Crippen LogP contribution is 2.37. The van der Waals surface area contributed by atoms with Crippen LogP contribution in [0.5, 0.6) is 5.75 Å². The number of amides is 1. The fraction of sp³-hybridized carbons (Fsp3) is 0.375. The number of nitrogens with zero attached hydrogens (tertiary/aromatic N) is 1. The van der Waals surface area contributed by atoms with Gasteiger partial charge in [-0.3, -0.25) is 4.90 Å². The lowest BCUT2D eigenvalue weighted by atomic mass is 9.94. The van der Waals surface area contributed by atoms with E-state index in [-0.39, 0.29) is 6.10 Å². The van der Waals surface area contributed by atoms with Crippen LogP contribution in [0.15, 0.2) is 54.3 Å². The molecule has 0 saturated heterocycles. The summed E-state index contributed by atoms with van der Waals surface area (Å²) in [5.74, 6) is 1.62. The molecule has 1 atom stereocenters. The summed E-state index contributed by atoms with van der Waals surface area (Å²) in [7, 11) is 3.79. The molecule has 3 rings (SSSR count). The topological polar surface area (TPSA) is 74.0 Å². The van der Waals surface area contributed by atoms with Crippen molar-refractivity contribution in [1.82, 2.24) is 4.90 Å². The fourth-order valence-corrected chi connectivity index (χ4v) is 3.70. The molecule has 1 amide bonds. The maximum Gasteiger partial charge on any atom is 0.405 e. The average Bonchev–Trinajstić information content (AvgIpc) is 2.72. The summed E-state index contributed by atoms with van der Waals surface area (Å²) in [6, 6.07) is 15.5. The van der Waals surface area contributed by atoms with Crippen molar-refractivity contribution in [1.29, 1.82) is 0 Å². The van der Waals surface area contributed by atoms with E-state index in [2.05, 4.69) is 11.9 Å². The lowest BCUT2D eigenvalue weighted by molar-refractivity contribution is 0.123. The molecule has 2 aromatic carbocycles. The summed E-state index contributed by atoms with van der Waals surface area (Å²) in [6.45, 7) is 5.67. The smallest absolute Gasteiger partial charge is 0.405 e. The molecule has 2 N–H and O–H groups in total. The Labute approximate surface area is 178 Å². The van der Waals surface area contributed by atoms with Crippen molar-refractivity contribution in [3.05, 3.63) is 71.0 Å². The lowest BCUT2D eigenvalue weighted by Gasteiger charge is -2.28. The third kappa shape index (κ3) is 5.13. The van der Waals surface area contributed by atoms with Gasteiger partial charge in [-0.15, -0.1) is 0 Å². The van der Waals surface area contributed by atoms with Gasteiger partial charge in [-0.05, 0) is 50.1 Å². The van der Waals surface area contributed by atoms with Crippen LogP contribution >= 0.6 is 0 Å². The third-order valence-electron chi connectivity index (χ3n) is 5.08. The van der Waals surface area contributed by atoms with E-state index in [9.17, 15) is 4.79 Å². The number of benzene rings is 2. The molecular formula is C24H30N2O4. The molecule has 0 aromatic heterocycles. The number of nitrogens with two attached hydrogens (primary N) is 1. The Morgan fingerprint density at radius 2 is 1.87 bits per heavy atom. The Morgan fingerprint density at radius 1 is 1.13 bits per heavy atom. The number of carbonyl (C=O) groups excluding carboxylic acids is 1. The van der Waals surface area contributed by atoms with Gasteiger partial charge in [-0.25, -0.2) is 4.79 Å². The molecule has 0 fully saturated rings. The van der Waals surface area contributed by atoms with Gasteiger partial charge in [0, 0.05) is 12.1 Å². The number of carbonyl (C=O) groups is 1. The highest BCUT2D eigenvalue weighted by molar-refractivity contribution is 5.71. The summed E-state index contributed by atoms with van der Waals surface area (Å²) in [6.07, 6.45) is -0.639. The normalized spacial score (nSPS) is 15.8. The van der Waals surface area contributed by atoms with Gasteiger partial charge in [-0.1, -0.05) is 42.5 Å². The number of methoxy groups -OCH3 is 1. The predicted octanol–water partition coefficient (Wildman–Crippen LogP) is 4.35. The largest absolute Gasteiger partial charge is 0.499 e. The van der Waals surface area contributed by atoms with Crippen molar-refractivity contribution >= 4 is 11.7 Å². The molecule has 1 aliphatic rings. The number of hydrogen-bond acceptors (Lipinski definition) is 5. The first-order valence-corrected chi connectivity index (χ1v) is 10.2. The van der Waals surface area contributed by atoms with Crippen molar-refractivity contribution in [2.75, 3.05) is 27.2 Å². The first kappa shape index (κ1) is 21.7. The van der Waals surface area contributed by atoms with Gasteiger partial charge in [-0.2, -0.15) is 0 Å². The summed E-state index contributed by atoms with van der Waals surface area (Å²) in [5.41, 5.74) is 9.18.